The molecule has 20 heavy (non-hydrogen) atoms. The van der Waals surface area contributed by atoms with Crippen molar-refractivity contribution in [3.63, 3.8) is 0 Å². The molecule has 8 nitrogen and oxygen atoms in total. The van der Waals surface area contributed by atoms with Gasteiger partial charge >= 0.3 is 11.9 Å². The predicted octanol–water partition coefficient (Wildman–Crippen LogP) is -0.908. The van der Waals surface area contributed by atoms with Crippen molar-refractivity contribution in [3.05, 3.63) is 0 Å². The Labute approximate surface area is 116 Å². The number of esters is 2. The maximum absolute atomic E-state index is 11.2. The molecule has 1 rings (SSSR count). The first-order valence-electron chi connectivity index (χ1n) is 6.17. The summed E-state index contributed by atoms with van der Waals surface area (Å²) in [5, 5.41) is 12.3. The third kappa shape index (κ3) is 4.17. The smallest absolute Gasteiger partial charge is 0.303 e. The Morgan fingerprint density at radius 3 is 2.00 bits per heavy atom. The van der Waals surface area contributed by atoms with E-state index in [1.165, 1.54) is 20.8 Å². The molecule has 0 aromatic heterocycles. The van der Waals surface area contributed by atoms with Crippen molar-refractivity contribution in [1.29, 1.82) is 0 Å². The summed E-state index contributed by atoms with van der Waals surface area (Å²) in [6.45, 7) is 5.20. The van der Waals surface area contributed by atoms with Gasteiger partial charge in [0.1, 0.15) is 6.04 Å². The Kier molecular flexibility index (Phi) is 5.46. The average molecular weight is 289 g/mol. The number of carbonyl (C=O) groups excluding carboxylic acids is 3. The zero-order valence-electron chi connectivity index (χ0n) is 11.8. The van der Waals surface area contributed by atoms with Crippen LogP contribution in [0.5, 0.6) is 0 Å². The maximum atomic E-state index is 11.2. The fraction of sp³-hybridized carbons (Fsp3) is 0.750. The molecule has 1 aliphatic heterocycles. The van der Waals surface area contributed by atoms with Crippen LogP contribution in [0.3, 0.4) is 0 Å². The molecular weight excluding hydrogens is 270 g/mol. The highest BCUT2D eigenvalue weighted by Gasteiger charge is 2.48. The number of amides is 1. The van der Waals surface area contributed by atoms with Crippen molar-refractivity contribution in [2.45, 2.75) is 58.3 Å². The van der Waals surface area contributed by atoms with Gasteiger partial charge in [0.2, 0.25) is 5.91 Å². The van der Waals surface area contributed by atoms with E-state index in [0.29, 0.717) is 0 Å². The molecule has 1 unspecified atom stereocenters. The van der Waals surface area contributed by atoms with Crippen LogP contribution in [0.25, 0.3) is 0 Å². The van der Waals surface area contributed by atoms with Crippen molar-refractivity contribution >= 4 is 17.8 Å². The van der Waals surface area contributed by atoms with E-state index in [9.17, 15) is 19.5 Å². The maximum Gasteiger partial charge on any atom is 0.303 e. The molecular formula is C12H19NO7. The molecule has 0 aromatic rings. The van der Waals surface area contributed by atoms with E-state index < -0.39 is 48.5 Å². The molecule has 114 valence electrons. The standard InChI is InChI=1S/C12H19NO7/c1-5-10(19-7(3)15)11(20-8(4)16)9(12(17)18-5)13-6(2)14/h5,9-12,17H,1-4H3,(H,13,14)/t5-,9+,10-,11-,12?/m1/s1. The van der Waals surface area contributed by atoms with E-state index >= 15 is 0 Å². The minimum Gasteiger partial charge on any atom is -0.456 e. The fourth-order valence-electron chi connectivity index (χ4n) is 2.09. The number of rotatable bonds is 3. The van der Waals surface area contributed by atoms with Crippen molar-refractivity contribution in [2.75, 3.05) is 0 Å². The summed E-state index contributed by atoms with van der Waals surface area (Å²) in [4.78, 5) is 33.5. The first-order chi connectivity index (χ1) is 9.22. The van der Waals surface area contributed by atoms with E-state index in [1.807, 2.05) is 0 Å². The molecule has 5 atom stereocenters. The number of carbonyl (C=O) groups is 3. The Bertz CT molecular complexity index is 369. The molecule has 1 aliphatic rings. The number of ether oxygens (including phenoxy) is 3. The third-order valence-electron chi connectivity index (χ3n) is 2.78. The molecule has 1 fully saturated rings. The summed E-state index contributed by atoms with van der Waals surface area (Å²) in [5.41, 5.74) is 0. The molecule has 2 N–H and O–H groups in total. The number of nitrogens with one attached hydrogen (secondary N) is 1. The van der Waals surface area contributed by atoms with Gasteiger partial charge in [-0.05, 0) is 6.92 Å². The van der Waals surface area contributed by atoms with Crippen LogP contribution in [0.15, 0.2) is 0 Å². The van der Waals surface area contributed by atoms with Gasteiger partial charge in [-0.15, -0.1) is 0 Å². The van der Waals surface area contributed by atoms with Gasteiger partial charge in [-0.25, -0.2) is 0 Å². The van der Waals surface area contributed by atoms with E-state index in [1.54, 1.807) is 6.92 Å². The quantitative estimate of drug-likeness (QED) is 0.647. The van der Waals surface area contributed by atoms with E-state index in [2.05, 4.69) is 5.32 Å². The summed E-state index contributed by atoms with van der Waals surface area (Å²) in [5.74, 6) is -1.64. The van der Waals surface area contributed by atoms with Gasteiger partial charge in [0.05, 0.1) is 6.10 Å². The lowest BCUT2D eigenvalue weighted by Crippen LogP contribution is -2.64. The van der Waals surface area contributed by atoms with Gasteiger partial charge in [0, 0.05) is 20.8 Å². The first-order valence-corrected chi connectivity index (χ1v) is 6.17. The summed E-state index contributed by atoms with van der Waals surface area (Å²) < 4.78 is 15.4. The molecule has 0 bridgehead atoms. The molecule has 8 heteroatoms. The number of aliphatic hydroxyl groups excluding tert-OH is 1. The van der Waals surface area contributed by atoms with Crippen LogP contribution in [0.1, 0.15) is 27.7 Å². The van der Waals surface area contributed by atoms with E-state index in [4.69, 9.17) is 14.2 Å². The van der Waals surface area contributed by atoms with Gasteiger partial charge in [-0.1, -0.05) is 0 Å². The van der Waals surface area contributed by atoms with Crippen molar-refractivity contribution < 1.29 is 33.7 Å². The van der Waals surface area contributed by atoms with Crippen LogP contribution >= 0.6 is 0 Å². The average Bonchev–Trinajstić information content (AvgIpc) is 2.27. The summed E-state index contributed by atoms with van der Waals surface area (Å²) in [6.07, 6.45) is -4.01. The van der Waals surface area contributed by atoms with Gasteiger partial charge in [-0.2, -0.15) is 0 Å². The van der Waals surface area contributed by atoms with Gasteiger partial charge in [0.25, 0.3) is 0 Å². The summed E-state index contributed by atoms with van der Waals surface area (Å²) in [6, 6.07) is -1.02. The first kappa shape index (κ1) is 16.4. The molecule has 0 saturated carbocycles. The minimum atomic E-state index is -1.37. The number of aliphatic hydroxyl groups is 1. The monoisotopic (exact) mass is 289 g/mol. The molecule has 0 aromatic carbocycles. The lowest BCUT2D eigenvalue weighted by atomic mass is 9.97. The minimum absolute atomic E-state index is 0.439. The van der Waals surface area contributed by atoms with Crippen LogP contribution in [-0.4, -0.2) is 53.6 Å². The Hall–Kier alpha value is -1.67. The van der Waals surface area contributed by atoms with Gasteiger partial charge < -0.3 is 24.6 Å². The number of hydrogen-bond donors (Lipinski definition) is 2. The summed E-state index contributed by atoms with van der Waals surface area (Å²) >= 11 is 0. The zero-order chi connectivity index (χ0) is 15.4. The highest BCUT2D eigenvalue weighted by Crippen LogP contribution is 2.25. The van der Waals surface area contributed by atoms with E-state index in [0.717, 1.165) is 0 Å². The molecule has 1 heterocycles. The van der Waals surface area contributed by atoms with Crippen LogP contribution in [0.4, 0.5) is 0 Å². The van der Waals surface area contributed by atoms with Crippen LogP contribution < -0.4 is 5.32 Å². The van der Waals surface area contributed by atoms with Crippen LogP contribution in [-0.2, 0) is 28.6 Å². The van der Waals surface area contributed by atoms with Gasteiger partial charge in [0.15, 0.2) is 18.5 Å². The van der Waals surface area contributed by atoms with Crippen molar-refractivity contribution in [1.82, 2.24) is 5.32 Å². The molecule has 0 radical (unpaired) electrons. The fourth-order valence-corrected chi connectivity index (χ4v) is 2.09. The molecule has 0 spiro atoms. The van der Waals surface area contributed by atoms with Crippen LogP contribution in [0.2, 0.25) is 0 Å². The van der Waals surface area contributed by atoms with Crippen molar-refractivity contribution in [2.24, 2.45) is 0 Å². The SMILES string of the molecule is CC(=O)N[C@@H]1C(O)O[C@H](C)[C@@H](OC(C)=O)[C@@H]1OC(C)=O. The second-order valence-electron chi connectivity index (χ2n) is 4.61. The Balaban J connectivity index is 3.01. The molecule has 1 amide bonds. The third-order valence-corrected chi connectivity index (χ3v) is 2.78. The lowest BCUT2D eigenvalue weighted by Gasteiger charge is -2.42. The second kappa shape index (κ2) is 6.67. The largest absolute Gasteiger partial charge is 0.456 e. The van der Waals surface area contributed by atoms with Crippen LogP contribution in [0, 0.1) is 0 Å². The Morgan fingerprint density at radius 2 is 1.55 bits per heavy atom. The molecule has 1 saturated heterocycles. The lowest BCUT2D eigenvalue weighted by molar-refractivity contribution is -0.253. The van der Waals surface area contributed by atoms with Gasteiger partial charge in [-0.3, -0.25) is 14.4 Å². The highest BCUT2D eigenvalue weighted by atomic mass is 16.7. The highest BCUT2D eigenvalue weighted by molar-refractivity contribution is 5.73. The number of hydrogen-bond acceptors (Lipinski definition) is 7. The summed E-state index contributed by atoms with van der Waals surface area (Å²) in [7, 11) is 0. The Morgan fingerprint density at radius 1 is 1.05 bits per heavy atom. The topological polar surface area (TPSA) is 111 Å². The zero-order valence-corrected chi connectivity index (χ0v) is 11.8. The molecule has 0 aliphatic carbocycles. The predicted molar refractivity (Wildman–Crippen MR) is 65.3 cm³/mol. The second-order valence-corrected chi connectivity index (χ2v) is 4.61. The van der Waals surface area contributed by atoms with Crippen molar-refractivity contribution in [3.8, 4) is 0 Å². The normalized spacial score (nSPS) is 33.1. The van der Waals surface area contributed by atoms with E-state index in [-0.39, 0.29) is 0 Å².